The number of nitrogens with zero attached hydrogens (tertiary/aromatic N) is 1. The van der Waals surface area contributed by atoms with Crippen LogP contribution in [0.3, 0.4) is 0 Å². The van der Waals surface area contributed by atoms with E-state index in [9.17, 15) is 4.79 Å². The van der Waals surface area contributed by atoms with E-state index < -0.39 is 0 Å². The van der Waals surface area contributed by atoms with Gasteiger partial charge in [0.25, 0.3) is 5.91 Å². The highest BCUT2D eigenvalue weighted by atomic mass is 35.5. The maximum Gasteiger partial charge on any atom is 0.260 e. The summed E-state index contributed by atoms with van der Waals surface area (Å²) in [5, 5.41) is 0.678. The van der Waals surface area contributed by atoms with E-state index in [0.717, 1.165) is 11.3 Å². The van der Waals surface area contributed by atoms with E-state index in [1.165, 1.54) is 0 Å². The predicted molar refractivity (Wildman–Crippen MR) is 81.6 cm³/mol. The van der Waals surface area contributed by atoms with Gasteiger partial charge in [-0.25, -0.2) is 0 Å². The highest BCUT2D eigenvalue weighted by Gasteiger charge is 2.19. The monoisotopic (exact) mass is 307 g/mol. The van der Waals surface area contributed by atoms with E-state index in [1.807, 2.05) is 26.0 Å². The summed E-state index contributed by atoms with van der Waals surface area (Å²) in [6, 6.07) is 8.83. The number of aryl methyl sites for hydroxylation is 1. The number of furan rings is 1. The van der Waals surface area contributed by atoms with E-state index in [-0.39, 0.29) is 18.6 Å². The molecule has 0 N–H and O–H groups in total. The Kier molecular flexibility index (Phi) is 4.91. The van der Waals surface area contributed by atoms with Crippen LogP contribution in [-0.4, -0.2) is 24.5 Å². The minimum atomic E-state index is -0.136. The van der Waals surface area contributed by atoms with Gasteiger partial charge in [-0.15, -0.1) is 0 Å². The number of likely N-dealkylation sites (N-methyl/N-ethyl adjacent to an activating group) is 1. The molecule has 0 saturated heterocycles. The molecule has 1 heterocycles. The number of ether oxygens (including phenoxy) is 1. The molecule has 1 amide bonds. The number of hydrogen-bond acceptors (Lipinski definition) is 3. The summed E-state index contributed by atoms with van der Waals surface area (Å²) in [6.45, 7) is 3.77. The van der Waals surface area contributed by atoms with Crippen molar-refractivity contribution >= 4 is 17.5 Å². The van der Waals surface area contributed by atoms with Gasteiger partial charge in [0.05, 0.1) is 12.3 Å². The molecule has 0 aliphatic carbocycles. The second-order valence-electron chi connectivity index (χ2n) is 4.90. The van der Waals surface area contributed by atoms with E-state index in [4.69, 9.17) is 20.8 Å². The van der Waals surface area contributed by atoms with Crippen LogP contribution in [0.5, 0.6) is 5.75 Å². The summed E-state index contributed by atoms with van der Waals surface area (Å²) in [5.41, 5.74) is 0.916. The molecule has 5 heteroatoms. The molecule has 1 unspecified atom stereocenters. The second kappa shape index (κ2) is 6.68. The van der Waals surface area contributed by atoms with Gasteiger partial charge in [0, 0.05) is 12.1 Å². The topological polar surface area (TPSA) is 42.7 Å². The maximum absolute atomic E-state index is 12.1. The third-order valence-electron chi connectivity index (χ3n) is 3.42. The van der Waals surface area contributed by atoms with Crippen LogP contribution in [0.4, 0.5) is 0 Å². The molecule has 112 valence electrons. The van der Waals surface area contributed by atoms with Gasteiger partial charge in [-0.2, -0.15) is 0 Å². The summed E-state index contributed by atoms with van der Waals surface area (Å²) in [4.78, 5) is 13.7. The molecule has 0 aliphatic heterocycles. The molecule has 0 spiro atoms. The van der Waals surface area contributed by atoms with Crippen molar-refractivity contribution in [1.29, 1.82) is 0 Å². The Labute approximate surface area is 129 Å². The number of rotatable bonds is 5. The fourth-order valence-electron chi connectivity index (χ4n) is 1.89. The van der Waals surface area contributed by atoms with E-state index in [1.54, 1.807) is 36.4 Å². The predicted octanol–water partition coefficient (Wildman–Crippen LogP) is 3.84. The first-order valence-electron chi connectivity index (χ1n) is 6.67. The number of carbonyl (C=O) groups excluding carboxylic acids is 1. The Morgan fingerprint density at radius 3 is 2.81 bits per heavy atom. The van der Waals surface area contributed by atoms with Crippen molar-refractivity contribution in [3.8, 4) is 5.75 Å². The van der Waals surface area contributed by atoms with E-state index in [0.29, 0.717) is 10.8 Å². The third kappa shape index (κ3) is 3.79. The Balaban J connectivity index is 1.93. The fourth-order valence-corrected chi connectivity index (χ4v) is 2.01. The summed E-state index contributed by atoms with van der Waals surface area (Å²) < 4.78 is 10.8. The van der Waals surface area contributed by atoms with Crippen molar-refractivity contribution < 1.29 is 13.9 Å². The second-order valence-corrected chi connectivity index (χ2v) is 5.30. The Bertz CT molecular complexity index is 610. The molecule has 0 saturated carbocycles. The highest BCUT2D eigenvalue weighted by molar-refractivity contribution is 6.31. The molecule has 2 rings (SSSR count). The lowest BCUT2D eigenvalue weighted by molar-refractivity contribution is -0.134. The van der Waals surface area contributed by atoms with Gasteiger partial charge in [0.2, 0.25) is 0 Å². The van der Waals surface area contributed by atoms with Crippen LogP contribution in [0, 0.1) is 6.92 Å². The van der Waals surface area contributed by atoms with Gasteiger partial charge >= 0.3 is 0 Å². The van der Waals surface area contributed by atoms with Crippen molar-refractivity contribution in [2.75, 3.05) is 13.7 Å². The van der Waals surface area contributed by atoms with Crippen molar-refractivity contribution in [3.63, 3.8) is 0 Å². The van der Waals surface area contributed by atoms with Crippen molar-refractivity contribution in [2.24, 2.45) is 0 Å². The zero-order chi connectivity index (χ0) is 15.4. The smallest absolute Gasteiger partial charge is 0.260 e. The van der Waals surface area contributed by atoms with Crippen molar-refractivity contribution in [3.05, 3.63) is 52.9 Å². The van der Waals surface area contributed by atoms with Crippen molar-refractivity contribution in [1.82, 2.24) is 4.90 Å². The molecule has 1 atom stereocenters. The first-order chi connectivity index (χ1) is 9.99. The Hall–Kier alpha value is -1.94. The zero-order valence-electron chi connectivity index (χ0n) is 12.3. The standard InChI is InChI=1S/C16H18ClNO3/c1-11-9-13(6-7-14(11)17)21-10-16(19)18(3)12(2)15-5-4-8-20-15/h4-9,12H,10H2,1-3H3. The number of carbonyl (C=O) groups is 1. The van der Waals surface area contributed by atoms with Gasteiger partial charge in [0.15, 0.2) is 6.61 Å². The summed E-state index contributed by atoms with van der Waals surface area (Å²) in [5.74, 6) is 1.25. The van der Waals surface area contributed by atoms with E-state index in [2.05, 4.69) is 0 Å². The first-order valence-corrected chi connectivity index (χ1v) is 7.05. The number of amides is 1. The number of benzene rings is 1. The van der Waals surface area contributed by atoms with Crippen LogP contribution < -0.4 is 4.74 Å². The molecule has 1 aromatic heterocycles. The minimum Gasteiger partial charge on any atom is -0.484 e. The highest BCUT2D eigenvalue weighted by Crippen LogP contribution is 2.22. The molecule has 1 aromatic carbocycles. The average Bonchev–Trinajstić information content (AvgIpc) is 3.00. The van der Waals surface area contributed by atoms with Crippen LogP contribution in [0.2, 0.25) is 5.02 Å². The summed E-state index contributed by atoms with van der Waals surface area (Å²) in [7, 11) is 1.73. The summed E-state index contributed by atoms with van der Waals surface area (Å²) in [6.07, 6.45) is 1.59. The normalized spacial score (nSPS) is 12.0. The SMILES string of the molecule is Cc1cc(OCC(=O)N(C)C(C)c2ccco2)ccc1Cl. The molecule has 21 heavy (non-hydrogen) atoms. The molecule has 2 aromatic rings. The third-order valence-corrected chi connectivity index (χ3v) is 3.85. The Morgan fingerprint density at radius 1 is 1.43 bits per heavy atom. The van der Waals surface area contributed by atoms with Gasteiger partial charge < -0.3 is 14.1 Å². The molecular weight excluding hydrogens is 290 g/mol. The zero-order valence-corrected chi connectivity index (χ0v) is 13.1. The minimum absolute atomic E-state index is 0.0252. The van der Waals surface area contributed by atoms with Gasteiger partial charge in [-0.05, 0) is 49.7 Å². The largest absolute Gasteiger partial charge is 0.484 e. The number of halogens is 1. The van der Waals surface area contributed by atoms with Crippen LogP contribution in [-0.2, 0) is 4.79 Å². The van der Waals surface area contributed by atoms with Crippen LogP contribution in [0.1, 0.15) is 24.3 Å². The molecule has 0 bridgehead atoms. The van der Waals surface area contributed by atoms with E-state index >= 15 is 0 Å². The first kappa shape index (κ1) is 15.4. The van der Waals surface area contributed by atoms with Crippen molar-refractivity contribution in [2.45, 2.75) is 19.9 Å². The lowest BCUT2D eigenvalue weighted by atomic mass is 10.2. The van der Waals surface area contributed by atoms with Gasteiger partial charge in [-0.3, -0.25) is 4.79 Å². The lowest BCUT2D eigenvalue weighted by Gasteiger charge is -2.23. The van der Waals surface area contributed by atoms with Gasteiger partial charge in [0.1, 0.15) is 11.5 Å². The lowest BCUT2D eigenvalue weighted by Crippen LogP contribution is -2.33. The number of hydrogen-bond donors (Lipinski definition) is 0. The van der Waals surface area contributed by atoms with Crippen LogP contribution in [0.15, 0.2) is 41.0 Å². The fraction of sp³-hybridized carbons (Fsp3) is 0.312. The van der Waals surface area contributed by atoms with Gasteiger partial charge in [-0.1, -0.05) is 11.6 Å². The van der Waals surface area contributed by atoms with Crippen LogP contribution in [0.25, 0.3) is 0 Å². The maximum atomic E-state index is 12.1. The Morgan fingerprint density at radius 2 is 2.19 bits per heavy atom. The average molecular weight is 308 g/mol. The molecule has 4 nitrogen and oxygen atoms in total. The molecular formula is C16H18ClNO3. The summed E-state index contributed by atoms with van der Waals surface area (Å²) >= 11 is 5.95. The quantitative estimate of drug-likeness (QED) is 0.843. The molecule has 0 radical (unpaired) electrons. The molecule has 0 aliphatic rings. The molecule has 0 fully saturated rings. The van der Waals surface area contributed by atoms with Crippen LogP contribution >= 0.6 is 11.6 Å².